The van der Waals surface area contributed by atoms with Crippen LogP contribution in [0, 0.1) is 5.82 Å². The zero-order chi connectivity index (χ0) is 17.8. The molecule has 0 saturated heterocycles. The number of nitrogens with one attached hydrogen (secondary N) is 2. The minimum absolute atomic E-state index is 0.0811. The van der Waals surface area contributed by atoms with Crippen molar-refractivity contribution in [2.24, 2.45) is 0 Å². The fraction of sp³-hybridized carbons (Fsp3) is 0.0526. The molecule has 6 heteroatoms. The molecule has 3 aromatic carbocycles. The lowest BCUT2D eigenvalue weighted by Gasteiger charge is -2.10. The average molecular weight is 338 g/mol. The molecule has 3 rings (SSSR count). The first-order valence-electron chi connectivity index (χ1n) is 7.59. The fourth-order valence-corrected chi connectivity index (χ4v) is 2.48. The molecule has 3 N–H and O–H groups in total. The van der Waals surface area contributed by atoms with Crippen molar-refractivity contribution in [1.29, 1.82) is 0 Å². The van der Waals surface area contributed by atoms with Crippen molar-refractivity contribution in [1.82, 2.24) is 5.32 Å². The van der Waals surface area contributed by atoms with Gasteiger partial charge in [0.15, 0.2) is 0 Å². The number of hydrogen-bond acceptors (Lipinski definition) is 3. The number of carbonyl (C=O) groups is 2. The number of hydrogen-bond donors (Lipinski definition) is 3. The molecule has 0 heterocycles. The van der Waals surface area contributed by atoms with Gasteiger partial charge in [-0.2, -0.15) is 0 Å². The van der Waals surface area contributed by atoms with Crippen molar-refractivity contribution in [3.8, 4) is 5.75 Å². The van der Waals surface area contributed by atoms with Gasteiger partial charge < -0.3 is 15.7 Å². The number of phenolic OH excluding ortho intramolecular Hbond substituents is 1. The van der Waals surface area contributed by atoms with E-state index in [1.807, 2.05) is 0 Å². The lowest BCUT2D eigenvalue weighted by Crippen LogP contribution is -2.35. The summed E-state index contributed by atoms with van der Waals surface area (Å²) in [5.74, 6) is -2.11. The van der Waals surface area contributed by atoms with Crippen LogP contribution in [-0.4, -0.2) is 16.9 Å². The zero-order valence-electron chi connectivity index (χ0n) is 13.1. The largest absolute Gasteiger partial charge is 0.507 e. The van der Waals surface area contributed by atoms with Crippen molar-refractivity contribution in [2.45, 2.75) is 6.54 Å². The fourth-order valence-electron chi connectivity index (χ4n) is 2.48. The van der Waals surface area contributed by atoms with Crippen LogP contribution in [0.3, 0.4) is 0 Å². The number of amides is 2. The third kappa shape index (κ3) is 3.58. The van der Waals surface area contributed by atoms with Gasteiger partial charge in [0.05, 0.1) is 0 Å². The van der Waals surface area contributed by atoms with Crippen LogP contribution in [0.1, 0.15) is 5.56 Å². The van der Waals surface area contributed by atoms with E-state index in [9.17, 15) is 19.1 Å². The predicted molar refractivity (Wildman–Crippen MR) is 92.5 cm³/mol. The summed E-state index contributed by atoms with van der Waals surface area (Å²) in [5.41, 5.74) is 0.693. The second-order valence-electron chi connectivity index (χ2n) is 5.41. The van der Waals surface area contributed by atoms with Gasteiger partial charge >= 0.3 is 11.8 Å². The van der Waals surface area contributed by atoms with Crippen molar-refractivity contribution in [3.63, 3.8) is 0 Å². The van der Waals surface area contributed by atoms with Gasteiger partial charge in [-0.25, -0.2) is 4.39 Å². The molecule has 5 nitrogen and oxygen atoms in total. The summed E-state index contributed by atoms with van der Waals surface area (Å²) >= 11 is 0. The SMILES string of the molecule is O=C(NCc1ccccc1F)C(=O)Nc1cccc2c(O)cccc12. The van der Waals surface area contributed by atoms with Crippen LogP contribution in [0.15, 0.2) is 60.7 Å². The predicted octanol–water partition coefficient (Wildman–Crippen LogP) is 2.94. The molecular formula is C19H15FN2O3. The van der Waals surface area contributed by atoms with Crippen molar-refractivity contribution < 1.29 is 19.1 Å². The first kappa shape index (κ1) is 16.4. The molecule has 0 spiro atoms. The topological polar surface area (TPSA) is 78.4 Å². The van der Waals surface area contributed by atoms with Crippen LogP contribution >= 0.6 is 0 Å². The van der Waals surface area contributed by atoms with E-state index < -0.39 is 17.6 Å². The van der Waals surface area contributed by atoms with Crippen LogP contribution < -0.4 is 10.6 Å². The van der Waals surface area contributed by atoms with E-state index in [-0.39, 0.29) is 12.3 Å². The maximum atomic E-state index is 13.5. The highest BCUT2D eigenvalue weighted by Crippen LogP contribution is 2.29. The monoisotopic (exact) mass is 338 g/mol. The summed E-state index contributed by atoms with van der Waals surface area (Å²) in [6.45, 7) is -0.0880. The standard InChI is InChI=1S/C19H15FN2O3/c20-15-8-2-1-5-12(15)11-21-18(24)19(25)22-16-9-3-7-14-13(16)6-4-10-17(14)23/h1-10,23H,11H2,(H,21,24)(H,22,25). The molecule has 2 amide bonds. The summed E-state index contributed by atoms with van der Waals surface area (Å²) in [7, 11) is 0. The summed E-state index contributed by atoms with van der Waals surface area (Å²) in [4.78, 5) is 24.0. The van der Waals surface area contributed by atoms with E-state index in [1.165, 1.54) is 18.2 Å². The second kappa shape index (κ2) is 7.00. The van der Waals surface area contributed by atoms with Crippen molar-refractivity contribution >= 4 is 28.3 Å². The van der Waals surface area contributed by atoms with Gasteiger partial charge in [-0.05, 0) is 18.2 Å². The molecule has 0 fully saturated rings. The summed E-state index contributed by atoms with van der Waals surface area (Å²) in [6.07, 6.45) is 0. The maximum absolute atomic E-state index is 13.5. The molecule has 0 aliphatic heterocycles. The lowest BCUT2D eigenvalue weighted by molar-refractivity contribution is -0.136. The third-order valence-corrected chi connectivity index (χ3v) is 3.75. The van der Waals surface area contributed by atoms with Gasteiger partial charge in [-0.1, -0.05) is 42.5 Å². The Morgan fingerprint density at radius 2 is 1.60 bits per heavy atom. The Hall–Kier alpha value is -3.41. The van der Waals surface area contributed by atoms with Crippen LogP contribution in [0.25, 0.3) is 10.8 Å². The first-order valence-corrected chi connectivity index (χ1v) is 7.59. The Kier molecular flexibility index (Phi) is 4.61. The van der Waals surface area contributed by atoms with Crippen molar-refractivity contribution in [2.75, 3.05) is 5.32 Å². The number of aromatic hydroxyl groups is 1. The quantitative estimate of drug-likeness (QED) is 0.643. The molecule has 0 bridgehead atoms. The molecule has 126 valence electrons. The van der Waals surface area contributed by atoms with Crippen LogP contribution in [0.4, 0.5) is 10.1 Å². The minimum Gasteiger partial charge on any atom is -0.507 e. The van der Waals surface area contributed by atoms with Gasteiger partial charge in [0.25, 0.3) is 0 Å². The summed E-state index contributed by atoms with van der Waals surface area (Å²) in [6, 6.07) is 15.9. The number of anilines is 1. The molecule has 0 atom stereocenters. The summed E-state index contributed by atoms with van der Waals surface area (Å²) in [5, 5.41) is 15.9. The lowest BCUT2D eigenvalue weighted by atomic mass is 10.1. The Morgan fingerprint density at radius 3 is 2.40 bits per heavy atom. The van der Waals surface area contributed by atoms with E-state index in [0.717, 1.165) is 0 Å². The van der Waals surface area contributed by atoms with E-state index >= 15 is 0 Å². The molecule has 0 aliphatic rings. The summed E-state index contributed by atoms with van der Waals surface area (Å²) < 4.78 is 13.5. The minimum atomic E-state index is -0.875. The highest BCUT2D eigenvalue weighted by atomic mass is 19.1. The number of phenols is 1. The third-order valence-electron chi connectivity index (χ3n) is 3.75. The van der Waals surface area contributed by atoms with Gasteiger partial charge in [-0.15, -0.1) is 0 Å². The normalized spacial score (nSPS) is 10.4. The van der Waals surface area contributed by atoms with E-state index in [0.29, 0.717) is 22.0 Å². The molecule has 0 aliphatic carbocycles. The molecule has 0 saturated carbocycles. The second-order valence-corrected chi connectivity index (χ2v) is 5.41. The number of halogens is 1. The van der Waals surface area contributed by atoms with Gasteiger partial charge in [0, 0.05) is 28.6 Å². The van der Waals surface area contributed by atoms with Crippen molar-refractivity contribution in [3.05, 3.63) is 72.0 Å². The van der Waals surface area contributed by atoms with Gasteiger partial charge in [0.1, 0.15) is 11.6 Å². The maximum Gasteiger partial charge on any atom is 0.313 e. The Labute approximate surface area is 143 Å². The Bertz CT molecular complexity index is 956. The molecule has 3 aromatic rings. The van der Waals surface area contributed by atoms with Crippen LogP contribution in [0.2, 0.25) is 0 Å². The van der Waals surface area contributed by atoms with E-state index in [1.54, 1.807) is 42.5 Å². The molecule has 25 heavy (non-hydrogen) atoms. The van der Waals surface area contributed by atoms with E-state index in [4.69, 9.17) is 0 Å². The van der Waals surface area contributed by atoms with Crippen LogP contribution in [0.5, 0.6) is 5.75 Å². The molecule has 0 aromatic heterocycles. The highest BCUT2D eigenvalue weighted by molar-refractivity contribution is 6.40. The molecule has 0 radical (unpaired) electrons. The first-order chi connectivity index (χ1) is 12.1. The van der Waals surface area contributed by atoms with Crippen LogP contribution in [-0.2, 0) is 16.1 Å². The molecular weight excluding hydrogens is 323 g/mol. The zero-order valence-corrected chi connectivity index (χ0v) is 13.1. The van der Waals surface area contributed by atoms with Gasteiger partial charge in [-0.3, -0.25) is 9.59 Å². The number of carbonyl (C=O) groups excluding carboxylic acids is 2. The number of fused-ring (bicyclic) bond motifs is 1. The highest BCUT2D eigenvalue weighted by Gasteiger charge is 2.15. The number of benzene rings is 3. The smallest absolute Gasteiger partial charge is 0.313 e. The Morgan fingerprint density at radius 1 is 0.880 bits per heavy atom. The van der Waals surface area contributed by atoms with E-state index in [2.05, 4.69) is 10.6 Å². The Balaban J connectivity index is 1.71. The number of rotatable bonds is 3. The average Bonchev–Trinajstić information content (AvgIpc) is 2.61. The van der Waals surface area contributed by atoms with Gasteiger partial charge in [0.2, 0.25) is 0 Å². The molecule has 0 unspecified atom stereocenters.